The van der Waals surface area contributed by atoms with Crippen molar-refractivity contribution in [1.82, 2.24) is 4.90 Å². The van der Waals surface area contributed by atoms with Gasteiger partial charge in [0, 0.05) is 28.2 Å². The molecule has 7 nitrogen and oxygen atoms in total. The number of esters is 1. The maximum Gasteiger partial charge on any atom is 0.326 e. The first-order valence-electron chi connectivity index (χ1n) is 11.1. The van der Waals surface area contributed by atoms with E-state index in [1.54, 1.807) is 40.0 Å². The Morgan fingerprint density at radius 1 is 1.09 bits per heavy atom. The average molecular weight is 486 g/mol. The van der Waals surface area contributed by atoms with Crippen LogP contribution in [-0.2, 0) is 14.3 Å². The Kier molecular flexibility index (Phi) is 7.92. The zero-order valence-corrected chi connectivity index (χ0v) is 20.9. The zero-order valence-electron chi connectivity index (χ0n) is 20.1. The predicted octanol–water partition coefficient (Wildman–Crippen LogP) is 4.42. The normalized spacial score (nSPS) is 20.1. The van der Waals surface area contributed by atoms with E-state index in [1.165, 1.54) is 16.7 Å². The molecular formula is C26H31NO6S. The van der Waals surface area contributed by atoms with Crippen LogP contribution in [-0.4, -0.2) is 58.4 Å². The molecule has 0 bridgehead atoms. The monoisotopic (exact) mass is 485 g/mol. The van der Waals surface area contributed by atoms with Gasteiger partial charge in [0.15, 0.2) is 0 Å². The number of aliphatic carboxylic acids is 1. The van der Waals surface area contributed by atoms with Crippen LogP contribution in [0, 0.1) is 12.8 Å². The lowest BCUT2D eigenvalue weighted by atomic mass is 9.95. The number of benzene rings is 2. The van der Waals surface area contributed by atoms with Crippen LogP contribution in [0.2, 0.25) is 0 Å². The number of carbonyl (C=O) groups excluding carboxylic acids is 2. The van der Waals surface area contributed by atoms with E-state index in [9.17, 15) is 19.5 Å². The van der Waals surface area contributed by atoms with Crippen molar-refractivity contribution in [3.8, 4) is 5.75 Å². The lowest BCUT2D eigenvalue weighted by molar-refractivity contribution is -0.156. The fourth-order valence-electron chi connectivity index (χ4n) is 4.19. The van der Waals surface area contributed by atoms with E-state index in [2.05, 4.69) is 0 Å². The van der Waals surface area contributed by atoms with Gasteiger partial charge in [-0.1, -0.05) is 30.3 Å². The molecule has 1 aliphatic heterocycles. The van der Waals surface area contributed by atoms with Crippen molar-refractivity contribution in [1.29, 1.82) is 0 Å². The topological polar surface area (TPSA) is 93.1 Å². The number of ether oxygens (including phenoxy) is 2. The summed E-state index contributed by atoms with van der Waals surface area (Å²) in [5.74, 6) is -1.98. The summed E-state index contributed by atoms with van der Waals surface area (Å²) in [6, 6.07) is 13.4. The number of thioether (sulfide) groups is 1. The van der Waals surface area contributed by atoms with Gasteiger partial charge in [0.2, 0.25) is 0 Å². The van der Waals surface area contributed by atoms with Crippen LogP contribution in [0.25, 0.3) is 0 Å². The van der Waals surface area contributed by atoms with Crippen LogP contribution in [0.3, 0.4) is 0 Å². The standard InChI is InChI=1S/C26H31NO6S/c1-16-10-6-7-11-17(16)24(29)27-15-21(34-20-13-9-8-12-19(20)32-5)18(23(27)25(30)31)14-22(28)33-26(2,3)4/h6-13,18,21,23H,14-15H2,1-5H3,(H,30,31)/t18-,21-,23-/m0/s1. The van der Waals surface area contributed by atoms with Gasteiger partial charge in [-0.15, -0.1) is 11.8 Å². The van der Waals surface area contributed by atoms with Gasteiger partial charge in [-0.05, 0) is 51.5 Å². The smallest absolute Gasteiger partial charge is 0.326 e. The van der Waals surface area contributed by atoms with Crippen molar-refractivity contribution in [2.75, 3.05) is 13.7 Å². The van der Waals surface area contributed by atoms with Gasteiger partial charge < -0.3 is 19.5 Å². The Morgan fingerprint density at radius 2 is 1.74 bits per heavy atom. The van der Waals surface area contributed by atoms with Crippen LogP contribution < -0.4 is 4.74 Å². The van der Waals surface area contributed by atoms with Crippen LogP contribution >= 0.6 is 11.8 Å². The molecule has 0 aromatic heterocycles. The van der Waals surface area contributed by atoms with Gasteiger partial charge in [0.05, 0.1) is 13.5 Å². The van der Waals surface area contributed by atoms with Crippen LogP contribution in [0.4, 0.5) is 0 Å². The number of aryl methyl sites for hydroxylation is 1. The van der Waals surface area contributed by atoms with Gasteiger partial charge in [0.1, 0.15) is 17.4 Å². The van der Waals surface area contributed by atoms with E-state index in [0.717, 1.165) is 10.5 Å². The second-order valence-electron chi connectivity index (χ2n) is 9.32. The number of amides is 1. The minimum atomic E-state index is -1.16. The van der Waals surface area contributed by atoms with E-state index in [-0.39, 0.29) is 24.1 Å². The number of para-hydroxylation sites is 1. The summed E-state index contributed by atoms with van der Waals surface area (Å²) in [5, 5.41) is 9.82. The molecule has 0 spiro atoms. The second-order valence-corrected chi connectivity index (χ2v) is 10.6. The molecule has 1 aliphatic rings. The van der Waals surface area contributed by atoms with E-state index in [4.69, 9.17) is 9.47 Å². The third kappa shape index (κ3) is 5.91. The van der Waals surface area contributed by atoms with Crippen molar-refractivity contribution in [2.45, 2.75) is 55.9 Å². The maximum absolute atomic E-state index is 13.5. The lowest BCUT2D eigenvalue weighted by Crippen LogP contribution is -2.44. The fraction of sp³-hybridized carbons (Fsp3) is 0.423. The number of hydrogen-bond acceptors (Lipinski definition) is 6. The minimum absolute atomic E-state index is 0.112. The maximum atomic E-state index is 13.5. The second kappa shape index (κ2) is 10.5. The first-order valence-corrected chi connectivity index (χ1v) is 12.0. The molecule has 2 aromatic rings. The number of carbonyl (C=O) groups is 3. The molecule has 0 unspecified atom stereocenters. The van der Waals surface area contributed by atoms with Crippen LogP contribution in [0.5, 0.6) is 5.75 Å². The Bertz CT molecular complexity index is 1060. The summed E-state index contributed by atoms with van der Waals surface area (Å²) in [5.41, 5.74) is 0.518. The quantitative estimate of drug-likeness (QED) is 0.580. The minimum Gasteiger partial charge on any atom is -0.496 e. The van der Waals surface area contributed by atoms with Crippen molar-refractivity contribution in [3.05, 3.63) is 59.7 Å². The van der Waals surface area contributed by atoms with E-state index in [0.29, 0.717) is 11.3 Å². The molecule has 0 saturated carbocycles. The molecule has 2 aromatic carbocycles. The molecular weight excluding hydrogens is 454 g/mol. The van der Waals surface area contributed by atoms with Crippen molar-refractivity contribution >= 4 is 29.6 Å². The van der Waals surface area contributed by atoms with Crippen LogP contribution in [0.1, 0.15) is 43.1 Å². The Hall–Kier alpha value is -3.00. The summed E-state index contributed by atoms with van der Waals surface area (Å²) in [6.07, 6.45) is -0.112. The van der Waals surface area contributed by atoms with Crippen molar-refractivity contribution in [2.24, 2.45) is 5.92 Å². The largest absolute Gasteiger partial charge is 0.496 e. The fourth-order valence-corrected chi connectivity index (χ4v) is 5.60. The zero-order chi connectivity index (χ0) is 25.0. The highest BCUT2D eigenvalue weighted by Gasteiger charge is 2.50. The van der Waals surface area contributed by atoms with Gasteiger partial charge in [-0.2, -0.15) is 0 Å². The number of rotatable bonds is 7. The number of methoxy groups -OCH3 is 1. The number of nitrogens with zero attached hydrogens (tertiary/aromatic N) is 1. The summed E-state index contributed by atoms with van der Waals surface area (Å²) in [6.45, 7) is 7.30. The molecule has 0 aliphatic carbocycles. The third-order valence-corrected chi connectivity index (χ3v) is 7.05. The first-order chi connectivity index (χ1) is 16.0. The van der Waals surface area contributed by atoms with Gasteiger partial charge in [0.25, 0.3) is 5.91 Å². The molecule has 0 radical (unpaired) electrons. The molecule has 3 atom stereocenters. The highest BCUT2D eigenvalue weighted by Crippen LogP contribution is 2.43. The Labute approximate surface area is 204 Å². The number of carboxylic acids is 1. The predicted molar refractivity (Wildman–Crippen MR) is 130 cm³/mol. The van der Waals surface area contributed by atoms with Gasteiger partial charge in [-0.3, -0.25) is 9.59 Å². The molecule has 1 N–H and O–H groups in total. The molecule has 1 amide bonds. The number of likely N-dealkylation sites (tertiary alicyclic amines) is 1. The molecule has 1 saturated heterocycles. The SMILES string of the molecule is COc1ccccc1S[C@H]1CN(C(=O)c2ccccc2C)[C@H](C(=O)O)[C@H]1CC(=O)OC(C)(C)C. The van der Waals surface area contributed by atoms with Crippen molar-refractivity contribution in [3.63, 3.8) is 0 Å². The van der Waals surface area contributed by atoms with Gasteiger partial charge in [-0.25, -0.2) is 4.79 Å². The lowest BCUT2D eigenvalue weighted by Gasteiger charge is -2.26. The molecule has 8 heteroatoms. The highest BCUT2D eigenvalue weighted by atomic mass is 32.2. The molecule has 1 heterocycles. The third-order valence-electron chi connectivity index (χ3n) is 5.65. The van der Waals surface area contributed by atoms with Crippen LogP contribution in [0.15, 0.2) is 53.4 Å². The molecule has 34 heavy (non-hydrogen) atoms. The molecule has 3 rings (SSSR count). The Balaban J connectivity index is 1.98. The van der Waals surface area contributed by atoms with E-state index in [1.807, 2.05) is 43.3 Å². The average Bonchev–Trinajstić information content (AvgIpc) is 3.10. The van der Waals surface area contributed by atoms with Gasteiger partial charge >= 0.3 is 11.9 Å². The Morgan fingerprint density at radius 3 is 2.35 bits per heavy atom. The molecule has 182 valence electrons. The van der Waals surface area contributed by atoms with E-state index < -0.39 is 29.5 Å². The first kappa shape index (κ1) is 25.6. The summed E-state index contributed by atoms with van der Waals surface area (Å²) < 4.78 is 11.0. The highest BCUT2D eigenvalue weighted by molar-refractivity contribution is 8.00. The van der Waals surface area contributed by atoms with E-state index >= 15 is 0 Å². The number of hydrogen-bond donors (Lipinski definition) is 1. The summed E-state index contributed by atoms with van der Waals surface area (Å²) in [4.78, 5) is 40.9. The van der Waals surface area contributed by atoms with Crippen molar-refractivity contribution < 1.29 is 29.0 Å². The number of carboxylic acid groups (broad SMARTS) is 1. The molecule has 1 fully saturated rings. The summed E-state index contributed by atoms with van der Waals surface area (Å²) in [7, 11) is 1.57. The summed E-state index contributed by atoms with van der Waals surface area (Å²) >= 11 is 1.42.